The Hall–Kier alpha value is -2.27. The minimum absolute atomic E-state index is 0.0360. The van der Waals surface area contributed by atoms with E-state index in [9.17, 15) is 9.59 Å². The first kappa shape index (κ1) is 13.4. The van der Waals surface area contributed by atoms with E-state index in [1.807, 2.05) is 55.5 Å². The van der Waals surface area contributed by atoms with E-state index in [2.05, 4.69) is 5.32 Å². The van der Waals surface area contributed by atoms with Gasteiger partial charge in [-0.15, -0.1) is 11.8 Å². The van der Waals surface area contributed by atoms with Gasteiger partial charge in [-0.25, -0.2) is 0 Å². The Morgan fingerprint density at radius 2 is 1.82 bits per heavy atom. The van der Waals surface area contributed by atoms with E-state index in [-0.39, 0.29) is 11.8 Å². The van der Waals surface area contributed by atoms with Crippen LogP contribution in [0.25, 0.3) is 0 Å². The van der Waals surface area contributed by atoms with E-state index in [0.29, 0.717) is 5.75 Å². The third kappa shape index (κ3) is 1.60. The minimum Gasteiger partial charge on any atom is -0.323 e. The molecular weight excluding hydrogens is 296 g/mol. The van der Waals surface area contributed by atoms with Gasteiger partial charge in [-0.3, -0.25) is 14.5 Å². The Balaban J connectivity index is 1.96. The van der Waals surface area contributed by atoms with Crippen molar-refractivity contribution in [3.05, 3.63) is 59.7 Å². The maximum Gasteiger partial charge on any atom is 0.266 e. The number of nitrogens with zero attached hydrogens (tertiary/aromatic N) is 1. The molecule has 4 nitrogen and oxygen atoms in total. The molecule has 0 saturated carbocycles. The molecule has 0 bridgehead atoms. The molecule has 2 heterocycles. The molecule has 1 atom stereocenters. The number of anilines is 2. The highest BCUT2D eigenvalue weighted by atomic mass is 32.2. The largest absolute Gasteiger partial charge is 0.323 e. The Kier molecular flexibility index (Phi) is 2.81. The van der Waals surface area contributed by atoms with Crippen LogP contribution in [0, 0.1) is 6.92 Å². The number of para-hydroxylation sites is 2. The van der Waals surface area contributed by atoms with Crippen molar-refractivity contribution in [2.24, 2.45) is 0 Å². The van der Waals surface area contributed by atoms with Crippen molar-refractivity contribution in [3.63, 3.8) is 0 Å². The van der Waals surface area contributed by atoms with Crippen molar-refractivity contribution in [2.75, 3.05) is 16.0 Å². The topological polar surface area (TPSA) is 49.4 Å². The molecule has 0 unspecified atom stereocenters. The van der Waals surface area contributed by atoms with Gasteiger partial charge in [-0.2, -0.15) is 0 Å². The summed E-state index contributed by atoms with van der Waals surface area (Å²) in [5.41, 5.74) is 3.42. The number of carbonyl (C=O) groups excluding carboxylic acids is 2. The van der Waals surface area contributed by atoms with E-state index in [1.54, 1.807) is 4.90 Å². The first-order valence-electron chi connectivity index (χ1n) is 7.08. The van der Waals surface area contributed by atoms with Crippen molar-refractivity contribution < 1.29 is 9.59 Å². The van der Waals surface area contributed by atoms with Crippen molar-refractivity contribution >= 4 is 35.0 Å². The highest BCUT2D eigenvalue weighted by Crippen LogP contribution is 2.53. The summed E-state index contributed by atoms with van der Waals surface area (Å²) >= 11 is 1.39. The van der Waals surface area contributed by atoms with Crippen LogP contribution in [0.15, 0.2) is 48.5 Å². The fourth-order valence-corrected chi connectivity index (χ4v) is 4.48. The SMILES string of the molecule is Cc1ccccc1N1C(=O)CS[C@@]12C(=O)Nc1ccccc12. The molecule has 1 saturated heterocycles. The number of rotatable bonds is 1. The fraction of sp³-hybridized carbons (Fsp3) is 0.176. The second-order valence-electron chi connectivity index (χ2n) is 5.45. The maximum atomic E-state index is 12.8. The van der Waals surface area contributed by atoms with E-state index in [1.165, 1.54) is 11.8 Å². The predicted molar refractivity (Wildman–Crippen MR) is 87.9 cm³/mol. The number of hydrogen-bond donors (Lipinski definition) is 1. The second kappa shape index (κ2) is 4.61. The van der Waals surface area contributed by atoms with Crippen molar-refractivity contribution in [1.82, 2.24) is 0 Å². The number of aryl methyl sites for hydroxylation is 1. The highest BCUT2D eigenvalue weighted by molar-refractivity contribution is 8.02. The van der Waals surface area contributed by atoms with Gasteiger partial charge in [-0.1, -0.05) is 36.4 Å². The van der Waals surface area contributed by atoms with Crippen LogP contribution in [0.3, 0.4) is 0 Å². The summed E-state index contributed by atoms with van der Waals surface area (Å²) in [4.78, 5) is 26.0. The lowest BCUT2D eigenvalue weighted by Crippen LogP contribution is -2.47. The summed E-state index contributed by atoms with van der Waals surface area (Å²) in [7, 11) is 0. The Labute approximate surface area is 132 Å². The van der Waals surface area contributed by atoms with Gasteiger partial charge >= 0.3 is 0 Å². The molecule has 1 spiro atoms. The number of nitrogens with one attached hydrogen (secondary N) is 1. The first-order valence-corrected chi connectivity index (χ1v) is 8.07. The predicted octanol–water partition coefficient (Wildman–Crippen LogP) is 2.88. The molecule has 1 fully saturated rings. The zero-order valence-electron chi connectivity index (χ0n) is 12.0. The summed E-state index contributed by atoms with van der Waals surface area (Å²) in [6.07, 6.45) is 0. The molecule has 2 amide bonds. The zero-order valence-corrected chi connectivity index (χ0v) is 12.8. The van der Waals surface area contributed by atoms with Crippen LogP contribution in [0.5, 0.6) is 0 Å². The second-order valence-corrected chi connectivity index (χ2v) is 6.62. The normalized spacial score (nSPS) is 23.0. The lowest BCUT2D eigenvalue weighted by Gasteiger charge is -2.33. The molecule has 2 aliphatic rings. The lowest BCUT2D eigenvalue weighted by atomic mass is 10.0. The van der Waals surface area contributed by atoms with Gasteiger partial charge in [0.1, 0.15) is 0 Å². The molecule has 2 aliphatic heterocycles. The van der Waals surface area contributed by atoms with E-state index >= 15 is 0 Å². The van der Waals surface area contributed by atoms with Crippen molar-refractivity contribution in [2.45, 2.75) is 11.8 Å². The molecule has 5 heteroatoms. The van der Waals surface area contributed by atoms with Crippen molar-refractivity contribution in [1.29, 1.82) is 0 Å². The van der Waals surface area contributed by atoms with E-state index < -0.39 is 4.87 Å². The number of amides is 2. The van der Waals surface area contributed by atoms with Crippen LogP contribution in [0.2, 0.25) is 0 Å². The Morgan fingerprint density at radius 3 is 2.64 bits per heavy atom. The molecule has 0 radical (unpaired) electrons. The molecule has 2 aromatic carbocycles. The van der Waals surface area contributed by atoms with Gasteiger partial charge in [0.15, 0.2) is 0 Å². The number of thioether (sulfide) groups is 1. The zero-order chi connectivity index (χ0) is 15.3. The quantitative estimate of drug-likeness (QED) is 0.881. The molecule has 0 aromatic heterocycles. The third-order valence-corrected chi connectivity index (χ3v) is 5.57. The van der Waals surface area contributed by atoms with Gasteiger partial charge < -0.3 is 5.32 Å². The number of carbonyl (C=O) groups is 2. The maximum absolute atomic E-state index is 12.8. The summed E-state index contributed by atoms with van der Waals surface area (Å²) < 4.78 is 0. The molecule has 22 heavy (non-hydrogen) atoms. The molecule has 110 valence electrons. The van der Waals surface area contributed by atoms with E-state index in [0.717, 1.165) is 22.5 Å². The molecule has 0 aliphatic carbocycles. The highest BCUT2D eigenvalue weighted by Gasteiger charge is 2.58. The van der Waals surface area contributed by atoms with E-state index in [4.69, 9.17) is 0 Å². The average molecular weight is 310 g/mol. The fourth-order valence-electron chi connectivity index (χ4n) is 3.17. The molecule has 1 N–H and O–H groups in total. The summed E-state index contributed by atoms with van der Waals surface area (Å²) in [5.74, 6) is 0.120. The van der Waals surface area contributed by atoms with Crippen LogP contribution in [-0.4, -0.2) is 17.6 Å². The van der Waals surface area contributed by atoms with Crippen LogP contribution in [0.4, 0.5) is 11.4 Å². The summed E-state index contributed by atoms with van der Waals surface area (Å²) in [6.45, 7) is 1.96. The molecule has 4 rings (SSSR count). The standard InChI is InChI=1S/C17H14N2O2S/c1-11-6-2-5-9-14(11)19-15(20)10-22-17(19)12-7-3-4-8-13(12)18-16(17)21/h2-9H,10H2,1H3,(H,18,21)/t17-/m0/s1. The number of benzene rings is 2. The van der Waals surface area contributed by atoms with Gasteiger partial charge in [0, 0.05) is 16.9 Å². The van der Waals surface area contributed by atoms with Gasteiger partial charge in [-0.05, 0) is 24.6 Å². The monoisotopic (exact) mass is 310 g/mol. The minimum atomic E-state index is -0.986. The average Bonchev–Trinajstić information content (AvgIpc) is 3.00. The number of hydrogen-bond acceptors (Lipinski definition) is 3. The van der Waals surface area contributed by atoms with Crippen LogP contribution in [-0.2, 0) is 14.5 Å². The van der Waals surface area contributed by atoms with Gasteiger partial charge in [0.05, 0.1) is 5.75 Å². The summed E-state index contributed by atoms with van der Waals surface area (Å²) in [5, 5.41) is 2.92. The smallest absolute Gasteiger partial charge is 0.266 e. The summed E-state index contributed by atoms with van der Waals surface area (Å²) in [6, 6.07) is 15.3. The van der Waals surface area contributed by atoms with Gasteiger partial charge in [0.2, 0.25) is 10.8 Å². The van der Waals surface area contributed by atoms with Gasteiger partial charge in [0.25, 0.3) is 5.91 Å². The lowest BCUT2D eigenvalue weighted by molar-refractivity contribution is -0.122. The number of fused-ring (bicyclic) bond motifs is 2. The first-order chi connectivity index (χ1) is 10.6. The van der Waals surface area contributed by atoms with Crippen molar-refractivity contribution in [3.8, 4) is 0 Å². The molecular formula is C17H14N2O2S. The third-order valence-electron chi connectivity index (χ3n) is 4.17. The molecule has 2 aromatic rings. The van der Waals surface area contributed by atoms with Crippen LogP contribution >= 0.6 is 11.8 Å². The Bertz CT molecular complexity index is 805. The Morgan fingerprint density at radius 1 is 1.09 bits per heavy atom. The van der Waals surface area contributed by atoms with Crippen LogP contribution < -0.4 is 10.2 Å². The van der Waals surface area contributed by atoms with Crippen LogP contribution in [0.1, 0.15) is 11.1 Å².